The Morgan fingerprint density at radius 2 is 2.18 bits per heavy atom. The predicted octanol–water partition coefficient (Wildman–Crippen LogP) is 2.78. The van der Waals surface area contributed by atoms with Gasteiger partial charge in [-0.05, 0) is 30.7 Å². The molecule has 6 heteroatoms. The van der Waals surface area contributed by atoms with Crippen molar-refractivity contribution in [2.75, 3.05) is 0 Å². The van der Waals surface area contributed by atoms with Gasteiger partial charge >= 0.3 is 0 Å². The monoisotopic (exact) mass is 228 g/mol. The molecule has 2 aromatic rings. The summed E-state index contributed by atoms with van der Waals surface area (Å²) in [5.74, 6) is 0. The van der Waals surface area contributed by atoms with Crippen molar-refractivity contribution in [3.63, 3.8) is 0 Å². The average molecular weight is 228 g/mol. The normalized spacial score (nSPS) is 9.94. The number of aromatic nitrogens is 3. The Kier molecular flexibility index (Phi) is 3.37. The Morgan fingerprint density at radius 1 is 1.41 bits per heavy atom. The van der Waals surface area contributed by atoms with Gasteiger partial charge in [-0.1, -0.05) is 5.11 Å². The molecule has 0 aliphatic carbocycles. The van der Waals surface area contributed by atoms with Crippen molar-refractivity contribution in [1.29, 1.82) is 0 Å². The zero-order chi connectivity index (χ0) is 12.1. The molecule has 2 heterocycles. The van der Waals surface area contributed by atoms with Crippen LogP contribution in [0.3, 0.4) is 0 Å². The van der Waals surface area contributed by atoms with Gasteiger partial charge in [-0.15, -0.1) is 0 Å². The molecule has 0 unspecified atom stereocenters. The van der Waals surface area contributed by atoms with Gasteiger partial charge in [0.1, 0.15) is 0 Å². The van der Waals surface area contributed by atoms with Crippen molar-refractivity contribution >= 4 is 0 Å². The van der Waals surface area contributed by atoms with E-state index in [1.54, 1.807) is 12.4 Å². The molecule has 0 saturated carbocycles. The maximum atomic E-state index is 8.34. The number of nitrogens with zero attached hydrogens (tertiary/aromatic N) is 6. The van der Waals surface area contributed by atoms with Crippen LogP contribution in [0.15, 0.2) is 35.7 Å². The highest BCUT2D eigenvalue weighted by Gasteiger charge is 2.07. The molecular formula is C11H12N6. The van der Waals surface area contributed by atoms with E-state index in [9.17, 15) is 0 Å². The summed E-state index contributed by atoms with van der Waals surface area (Å²) in [7, 11) is 0. The van der Waals surface area contributed by atoms with Crippen molar-refractivity contribution in [1.82, 2.24) is 14.8 Å². The second kappa shape index (κ2) is 5.14. The summed E-state index contributed by atoms with van der Waals surface area (Å²) in [6, 6.07) is 5.74. The zero-order valence-corrected chi connectivity index (χ0v) is 9.48. The van der Waals surface area contributed by atoms with Crippen molar-refractivity contribution in [2.45, 2.75) is 20.0 Å². The van der Waals surface area contributed by atoms with Crippen LogP contribution in [0.2, 0.25) is 0 Å². The first-order chi connectivity index (χ1) is 8.35. The van der Waals surface area contributed by atoms with E-state index in [1.807, 2.05) is 29.8 Å². The lowest BCUT2D eigenvalue weighted by Crippen LogP contribution is -2.01. The second-order valence-electron chi connectivity index (χ2n) is 3.46. The Morgan fingerprint density at radius 3 is 2.82 bits per heavy atom. The zero-order valence-electron chi connectivity index (χ0n) is 9.48. The number of azide groups is 1. The third-order valence-corrected chi connectivity index (χ3v) is 2.43. The Balaban J connectivity index is 2.37. The molecule has 0 spiro atoms. The van der Waals surface area contributed by atoms with E-state index in [-0.39, 0.29) is 0 Å². The summed E-state index contributed by atoms with van der Waals surface area (Å²) in [4.78, 5) is 6.73. The van der Waals surface area contributed by atoms with Crippen LogP contribution in [0.4, 0.5) is 0 Å². The van der Waals surface area contributed by atoms with E-state index in [2.05, 4.69) is 20.1 Å². The van der Waals surface area contributed by atoms with Crippen LogP contribution in [-0.2, 0) is 13.1 Å². The quantitative estimate of drug-likeness (QED) is 0.458. The molecule has 2 aromatic heterocycles. The molecule has 17 heavy (non-hydrogen) atoms. The summed E-state index contributed by atoms with van der Waals surface area (Å²) >= 11 is 0. The van der Waals surface area contributed by atoms with Gasteiger partial charge < -0.3 is 0 Å². The lowest BCUT2D eigenvalue weighted by molar-refractivity contribution is 0.624. The number of rotatable bonds is 4. The van der Waals surface area contributed by atoms with Crippen LogP contribution in [0, 0.1) is 0 Å². The maximum Gasteiger partial charge on any atom is 0.0927 e. The number of pyridine rings is 1. The van der Waals surface area contributed by atoms with E-state index < -0.39 is 0 Å². The van der Waals surface area contributed by atoms with Crippen molar-refractivity contribution in [3.8, 4) is 11.3 Å². The minimum Gasteiger partial charge on any atom is -0.269 e. The predicted molar refractivity (Wildman–Crippen MR) is 64.0 cm³/mol. The molecule has 0 bridgehead atoms. The third-order valence-electron chi connectivity index (χ3n) is 2.43. The molecule has 0 aromatic carbocycles. The van der Waals surface area contributed by atoms with Crippen LogP contribution in [0.25, 0.3) is 21.7 Å². The molecule has 0 amide bonds. The van der Waals surface area contributed by atoms with Crippen LogP contribution in [-0.4, -0.2) is 14.8 Å². The smallest absolute Gasteiger partial charge is 0.0927 e. The average Bonchev–Trinajstić information content (AvgIpc) is 2.80. The van der Waals surface area contributed by atoms with Gasteiger partial charge in [-0.25, -0.2) is 0 Å². The lowest BCUT2D eigenvalue weighted by Gasteiger charge is -1.99. The molecule has 0 N–H and O–H groups in total. The van der Waals surface area contributed by atoms with Crippen molar-refractivity contribution in [3.05, 3.63) is 46.7 Å². The van der Waals surface area contributed by atoms with Crippen LogP contribution >= 0.6 is 0 Å². The van der Waals surface area contributed by atoms with Gasteiger partial charge in [0.15, 0.2) is 0 Å². The highest BCUT2D eigenvalue weighted by Crippen LogP contribution is 2.18. The summed E-state index contributed by atoms with van der Waals surface area (Å²) in [6.45, 7) is 3.08. The Labute approximate surface area is 98.5 Å². The van der Waals surface area contributed by atoms with Gasteiger partial charge in [-0.3, -0.25) is 9.67 Å². The minimum absolute atomic E-state index is 0.322. The SMILES string of the molecule is CCn1nc(-c2ccncc2)cc1CN=[N+]=[N-]. The molecule has 0 atom stereocenters. The third kappa shape index (κ3) is 2.43. The van der Waals surface area contributed by atoms with E-state index in [0.29, 0.717) is 6.54 Å². The van der Waals surface area contributed by atoms with Crippen molar-refractivity contribution < 1.29 is 0 Å². The first kappa shape index (κ1) is 11.2. The lowest BCUT2D eigenvalue weighted by atomic mass is 10.2. The van der Waals surface area contributed by atoms with Gasteiger partial charge in [0.05, 0.1) is 12.2 Å². The highest BCUT2D eigenvalue weighted by atomic mass is 15.3. The highest BCUT2D eigenvalue weighted by molar-refractivity contribution is 5.58. The minimum atomic E-state index is 0.322. The van der Waals surface area contributed by atoms with Crippen LogP contribution in [0.1, 0.15) is 12.6 Å². The van der Waals surface area contributed by atoms with Crippen LogP contribution < -0.4 is 0 Å². The summed E-state index contributed by atoms with van der Waals surface area (Å²) in [5, 5.41) is 8.02. The summed E-state index contributed by atoms with van der Waals surface area (Å²) in [6.07, 6.45) is 3.46. The number of hydrogen-bond acceptors (Lipinski definition) is 3. The molecule has 0 aliphatic rings. The molecule has 0 fully saturated rings. The first-order valence-electron chi connectivity index (χ1n) is 5.33. The van der Waals surface area contributed by atoms with E-state index in [4.69, 9.17) is 5.53 Å². The van der Waals surface area contributed by atoms with Gasteiger partial charge in [0.25, 0.3) is 0 Å². The molecular weight excluding hydrogens is 216 g/mol. The molecule has 6 nitrogen and oxygen atoms in total. The topological polar surface area (TPSA) is 79.5 Å². The van der Waals surface area contributed by atoms with Gasteiger partial charge in [0, 0.05) is 35.1 Å². The maximum absolute atomic E-state index is 8.34. The number of aryl methyl sites for hydroxylation is 1. The standard InChI is InChI=1S/C11H12N6/c1-2-17-10(8-14-16-12)7-11(15-17)9-3-5-13-6-4-9/h3-7H,2,8H2,1H3. The molecule has 0 radical (unpaired) electrons. The molecule has 2 rings (SSSR count). The molecule has 86 valence electrons. The summed E-state index contributed by atoms with van der Waals surface area (Å²) in [5.41, 5.74) is 11.1. The second-order valence-corrected chi connectivity index (χ2v) is 3.46. The number of hydrogen-bond donors (Lipinski definition) is 0. The molecule has 0 aliphatic heterocycles. The van der Waals surface area contributed by atoms with E-state index in [1.165, 1.54) is 0 Å². The van der Waals surface area contributed by atoms with E-state index in [0.717, 1.165) is 23.5 Å². The Hall–Kier alpha value is -2.33. The molecule has 0 saturated heterocycles. The Bertz CT molecular complexity index is 538. The fourth-order valence-corrected chi connectivity index (χ4v) is 1.62. The van der Waals surface area contributed by atoms with E-state index >= 15 is 0 Å². The van der Waals surface area contributed by atoms with Crippen molar-refractivity contribution in [2.24, 2.45) is 5.11 Å². The fraction of sp³-hybridized carbons (Fsp3) is 0.273. The first-order valence-corrected chi connectivity index (χ1v) is 5.33. The summed E-state index contributed by atoms with van der Waals surface area (Å²) < 4.78 is 1.84. The van der Waals surface area contributed by atoms with Gasteiger partial charge in [0.2, 0.25) is 0 Å². The largest absolute Gasteiger partial charge is 0.269 e. The van der Waals surface area contributed by atoms with Gasteiger partial charge in [-0.2, -0.15) is 5.10 Å². The fourth-order valence-electron chi connectivity index (χ4n) is 1.62. The van der Waals surface area contributed by atoms with Crippen LogP contribution in [0.5, 0.6) is 0 Å².